The maximum atomic E-state index is 13.9. The number of nitro groups is 1. The number of pyridine rings is 1. The second kappa shape index (κ2) is 18.5. The molecule has 0 bridgehead atoms. The maximum absolute atomic E-state index is 13.9. The Labute approximate surface area is 355 Å². The molecule has 2 aliphatic carbocycles. The standard InChI is InChI=1S/C45H54ClN7O5S/c1-45(2)15-11-33(39(26-45)31-3-5-34(46)6-4-31)29-51-17-19-52(20-18-51)35-7-9-38(42(24-35)58-36-23-32-12-16-47-43(32)49-28-36)44(54)50-59-37-8-10-40(41(25-37)53(55)56)48-27-30-13-21-57-22-14-30/h3-10,12,16,23-24,28,30,37,40-41,48H,11,13-15,17-22,25-27,29H2,1-2H3,(H,47,49)(H,50,54). The van der Waals surface area contributed by atoms with E-state index in [0.717, 1.165) is 99.9 Å². The first kappa shape index (κ1) is 41.3. The van der Waals surface area contributed by atoms with Crippen LogP contribution in [0, 0.1) is 21.4 Å². The molecule has 4 heterocycles. The molecule has 0 saturated carbocycles. The summed E-state index contributed by atoms with van der Waals surface area (Å²) in [6.07, 6.45) is 12.9. The molecule has 2 aromatic heterocycles. The zero-order valence-corrected chi connectivity index (χ0v) is 35.4. The van der Waals surface area contributed by atoms with Crippen LogP contribution < -0.4 is 19.7 Å². The lowest BCUT2D eigenvalue weighted by Gasteiger charge is -2.39. The van der Waals surface area contributed by atoms with Crippen LogP contribution in [0.3, 0.4) is 0 Å². The van der Waals surface area contributed by atoms with Gasteiger partial charge >= 0.3 is 0 Å². The first-order chi connectivity index (χ1) is 28.6. The summed E-state index contributed by atoms with van der Waals surface area (Å²) >= 11 is 7.45. The number of ether oxygens (including phenoxy) is 2. The number of aromatic nitrogens is 2. The fourth-order valence-electron chi connectivity index (χ4n) is 8.76. The van der Waals surface area contributed by atoms with Crippen molar-refractivity contribution in [3.8, 4) is 11.5 Å². The summed E-state index contributed by atoms with van der Waals surface area (Å²) < 4.78 is 14.9. The number of anilines is 1. The van der Waals surface area contributed by atoms with E-state index < -0.39 is 6.04 Å². The number of amides is 1. The van der Waals surface area contributed by atoms with Crippen molar-refractivity contribution >= 4 is 51.7 Å². The van der Waals surface area contributed by atoms with E-state index in [1.807, 2.05) is 60.8 Å². The Morgan fingerprint density at radius 3 is 2.66 bits per heavy atom. The Kier molecular flexibility index (Phi) is 12.9. The minimum absolute atomic E-state index is 0.201. The lowest BCUT2D eigenvalue weighted by molar-refractivity contribution is -0.526. The van der Waals surface area contributed by atoms with Crippen LogP contribution in [0.25, 0.3) is 16.6 Å². The number of hydrogen-bond donors (Lipinski definition) is 3. The molecule has 0 radical (unpaired) electrons. The minimum atomic E-state index is -0.791. The minimum Gasteiger partial charge on any atom is -0.455 e. The van der Waals surface area contributed by atoms with Crippen molar-refractivity contribution in [2.24, 2.45) is 11.3 Å². The maximum Gasteiger partial charge on any atom is 0.264 e. The number of hydrogen-bond acceptors (Lipinski definition) is 10. The first-order valence-electron chi connectivity index (χ1n) is 20.8. The van der Waals surface area contributed by atoms with Crippen molar-refractivity contribution < 1.29 is 19.2 Å². The van der Waals surface area contributed by atoms with Gasteiger partial charge in [0.2, 0.25) is 6.04 Å². The van der Waals surface area contributed by atoms with Crippen molar-refractivity contribution in [1.82, 2.24) is 24.9 Å². The monoisotopic (exact) mass is 839 g/mol. The van der Waals surface area contributed by atoms with E-state index in [1.165, 1.54) is 35.1 Å². The van der Waals surface area contributed by atoms with Crippen LogP contribution in [-0.2, 0) is 4.74 Å². The fourth-order valence-corrected chi connectivity index (χ4v) is 9.72. The van der Waals surface area contributed by atoms with E-state index in [9.17, 15) is 14.9 Å². The molecule has 14 heteroatoms. The van der Waals surface area contributed by atoms with Gasteiger partial charge in [-0.1, -0.05) is 55.3 Å². The van der Waals surface area contributed by atoms with Gasteiger partial charge in [0.1, 0.15) is 17.1 Å². The second-order valence-electron chi connectivity index (χ2n) is 17.1. The number of carbonyl (C=O) groups is 1. The number of aromatic amines is 1. The lowest BCUT2D eigenvalue weighted by atomic mass is 9.72. The normalized spacial score (nSPS) is 22.8. The summed E-state index contributed by atoms with van der Waals surface area (Å²) in [6, 6.07) is 16.7. The topological polar surface area (TPSA) is 138 Å². The number of allylic oxidation sites excluding steroid dienone is 1. The molecular weight excluding hydrogens is 786 g/mol. The van der Waals surface area contributed by atoms with E-state index in [4.69, 9.17) is 21.1 Å². The second-order valence-corrected chi connectivity index (χ2v) is 18.6. The van der Waals surface area contributed by atoms with Gasteiger partial charge in [-0.3, -0.25) is 24.5 Å². The highest BCUT2D eigenvalue weighted by Crippen LogP contribution is 2.43. The van der Waals surface area contributed by atoms with Gasteiger partial charge in [-0.15, -0.1) is 0 Å². The third kappa shape index (κ3) is 10.3. The molecule has 59 heavy (non-hydrogen) atoms. The molecule has 2 aromatic carbocycles. The molecule has 3 unspecified atom stereocenters. The first-order valence-corrected chi connectivity index (χ1v) is 22.1. The van der Waals surface area contributed by atoms with Crippen molar-refractivity contribution in [3.05, 3.63) is 111 Å². The van der Waals surface area contributed by atoms with E-state index >= 15 is 0 Å². The summed E-state index contributed by atoms with van der Waals surface area (Å²) in [5.41, 5.74) is 6.62. The zero-order chi connectivity index (χ0) is 40.9. The number of fused-ring (bicyclic) bond motifs is 1. The molecule has 3 atom stereocenters. The Morgan fingerprint density at radius 1 is 1.08 bits per heavy atom. The third-order valence-corrected chi connectivity index (χ3v) is 13.5. The molecule has 4 aromatic rings. The van der Waals surface area contributed by atoms with Gasteiger partial charge in [0, 0.05) is 90.9 Å². The van der Waals surface area contributed by atoms with Gasteiger partial charge in [-0.2, -0.15) is 0 Å². The summed E-state index contributed by atoms with van der Waals surface area (Å²) in [5, 5.41) is 17.0. The summed E-state index contributed by atoms with van der Waals surface area (Å²) in [5.74, 6) is 1.06. The third-order valence-electron chi connectivity index (χ3n) is 12.3. The molecule has 3 N–H and O–H groups in total. The number of nitrogens with one attached hydrogen (secondary N) is 3. The zero-order valence-electron chi connectivity index (χ0n) is 33.8. The van der Waals surface area contributed by atoms with Crippen LogP contribution >= 0.6 is 23.5 Å². The molecule has 8 rings (SSSR count). The van der Waals surface area contributed by atoms with Crippen molar-refractivity contribution in [3.63, 3.8) is 0 Å². The van der Waals surface area contributed by atoms with Crippen molar-refractivity contribution in [1.29, 1.82) is 0 Å². The number of nitrogens with zero attached hydrogens (tertiary/aromatic N) is 4. The molecular formula is C45H54ClN7O5S. The molecule has 2 fully saturated rings. The van der Waals surface area contributed by atoms with Crippen LogP contribution in [-0.4, -0.2) is 95.5 Å². The molecule has 0 spiro atoms. The Hall–Kier alpha value is -4.40. The van der Waals surface area contributed by atoms with Crippen LogP contribution in [0.2, 0.25) is 5.02 Å². The SMILES string of the molecule is CC1(C)CCC(CN2CCN(c3ccc(C(=O)NSC4C=CC(NCC5CCOCC5)C([N+](=O)[O-])C4)c(Oc4cnc5[nH]ccc5c4)c3)CC2)=C(c2ccc(Cl)cc2)C1. The van der Waals surface area contributed by atoms with Gasteiger partial charge < -0.3 is 24.7 Å². The van der Waals surface area contributed by atoms with E-state index in [1.54, 1.807) is 6.20 Å². The predicted octanol–water partition coefficient (Wildman–Crippen LogP) is 8.53. The van der Waals surface area contributed by atoms with Gasteiger partial charge in [0.15, 0.2) is 0 Å². The average Bonchev–Trinajstić information content (AvgIpc) is 3.72. The quantitative estimate of drug-likeness (QED) is 0.0520. The van der Waals surface area contributed by atoms with Gasteiger partial charge in [0.05, 0.1) is 17.8 Å². The molecule has 2 saturated heterocycles. The van der Waals surface area contributed by atoms with E-state index in [0.29, 0.717) is 29.4 Å². The Balaban J connectivity index is 0.945. The van der Waals surface area contributed by atoms with E-state index in [2.05, 4.69) is 55.8 Å². The van der Waals surface area contributed by atoms with Crippen molar-refractivity contribution in [2.75, 3.05) is 57.4 Å². The van der Waals surface area contributed by atoms with Crippen LogP contribution in [0.1, 0.15) is 68.3 Å². The number of benzene rings is 2. The van der Waals surface area contributed by atoms with Crippen LogP contribution in [0.5, 0.6) is 11.5 Å². The molecule has 4 aliphatic rings. The van der Waals surface area contributed by atoms with E-state index in [-0.39, 0.29) is 27.5 Å². The van der Waals surface area contributed by atoms with Gasteiger partial charge in [-0.25, -0.2) is 4.98 Å². The van der Waals surface area contributed by atoms with Crippen LogP contribution in [0.15, 0.2) is 84.7 Å². The molecule has 1 amide bonds. The lowest BCUT2D eigenvalue weighted by Crippen LogP contribution is -2.48. The Morgan fingerprint density at radius 2 is 1.88 bits per heavy atom. The van der Waals surface area contributed by atoms with Gasteiger partial charge in [0.25, 0.3) is 5.91 Å². The number of rotatable bonds is 13. The summed E-state index contributed by atoms with van der Waals surface area (Å²) in [7, 11) is 0. The Bertz CT molecular complexity index is 2180. The smallest absolute Gasteiger partial charge is 0.264 e. The summed E-state index contributed by atoms with van der Waals surface area (Å²) in [4.78, 5) is 38.4. The largest absolute Gasteiger partial charge is 0.455 e. The van der Waals surface area contributed by atoms with Crippen molar-refractivity contribution in [2.45, 2.75) is 69.7 Å². The number of H-pyrrole nitrogens is 1. The molecule has 312 valence electrons. The molecule has 2 aliphatic heterocycles. The highest BCUT2D eigenvalue weighted by molar-refractivity contribution is 7.98. The predicted molar refractivity (Wildman–Crippen MR) is 236 cm³/mol. The number of carbonyl (C=O) groups excluding carboxylic acids is 1. The van der Waals surface area contributed by atoms with Gasteiger partial charge in [-0.05, 0) is 109 Å². The average molecular weight is 840 g/mol. The van der Waals surface area contributed by atoms with Crippen LogP contribution in [0.4, 0.5) is 5.69 Å². The highest BCUT2D eigenvalue weighted by Gasteiger charge is 2.36. The molecule has 12 nitrogen and oxygen atoms in total. The number of piperazine rings is 1. The number of halogens is 1. The highest BCUT2D eigenvalue weighted by atomic mass is 35.5. The fraction of sp³-hybridized carbons (Fsp3) is 0.467. The summed E-state index contributed by atoms with van der Waals surface area (Å²) in [6.45, 7) is 11.4.